The maximum atomic E-state index is 3.65. The third-order valence-electron chi connectivity index (χ3n) is 2.02. The van der Waals surface area contributed by atoms with Crippen molar-refractivity contribution in [2.75, 3.05) is 0 Å². The van der Waals surface area contributed by atoms with Gasteiger partial charge in [0.2, 0.25) is 0 Å². The van der Waals surface area contributed by atoms with E-state index < -0.39 is 0 Å². The molecule has 0 amide bonds. The molecule has 0 saturated heterocycles. The van der Waals surface area contributed by atoms with Gasteiger partial charge in [0, 0.05) is 0 Å². The third-order valence-corrected chi connectivity index (χ3v) is 2.02. The SMILES string of the molecule is C=C/C=C/C[C@@H](C)CCC=C(C)C. The van der Waals surface area contributed by atoms with Gasteiger partial charge in [-0.1, -0.05) is 43.4 Å². The number of allylic oxidation sites excluding steroid dienone is 5. The van der Waals surface area contributed by atoms with Crippen LogP contribution in [0.4, 0.5) is 0 Å². The number of hydrogen-bond acceptors (Lipinski definition) is 0. The Kier molecular flexibility index (Phi) is 7.38. The van der Waals surface area contributed by atoms with Gasteiger partial charge in [-0.3, -0.25) is 0 Å². The van der Waals surface area contributed by atoms with E-state index in [1.165, 1.54) is 24.8 Å². The van der Waals surface area contributed by atoms with Crippen LogP contribution in [-0.4, -0.2) is 0 Å². The van der Waals surface area contributed by atoms with Crippen molar-refractivity contribution in [3.8, 4) is 0 Å². The fourth-order valence-corrected chi connectivity index (χ4v) is 1.18. The maximum absolute atomic E-state index is 3.65. The van der Waals surface area contributed by atoms with Gasteiger partial charge in [0.15, 0.2) is 0 Å². The van der Waals surface area contributed by atoms with Crippen LogP contribution in [0.25, 0.3) is 0 Å². The average molecular weight is 178 g/mol. The lowest BCUT2D eigenvalue weighted by atomic mass is 10.0. The van der Waals surface area contributed by atoms with Crippen molar-refractivity contribution in [1.82, 2.24) is 0 Å². The lowest BCUT2D eigenvalue weighted by Crippen LogP contribution is -1.91. The Morgan fingerprint density at radius 1 is 1.38 bits per heavy atom. The Balaban J connectivity index is 3.51. The average Bonchev–Trinajstić information content (AvgIpc) is 2.04. The van der Waals surface area contributed by atoms with Crippen molar-refractivity contribution in [2.45, 2.75) is 40.0 Å². The highest BCUT2D eigenvalue weighted by atomic mass is 14.0. The monoisotopic (exact) mass is 178 g/mol. The molecular weight excluding hydrogens is 156 g/mol. The van der Waals surface area contributed by atoms with Crippen LogP contribution in [0.5, 0.6) is 0 Å². The molecule has 0 aliphatic heterocycles. The third kappa shape index (κ3) is 9.13. The minimum atomic E-state index is 0.784. The maximum Gasteiger partial charge on any atom is -0.0322 e. The Bertz CT molecular complexity index is 180. The van der Waals surface area contributed by atoms with E-state index in [0.717, 1.165) is 5.92 Å². The lowest BCUT2D eigenvalue weighted by molar-refractivity contribution is 0.546. The Labute approximate surface area is 83.0 Å². The Hall–Kier alpha value is -0.780. The molecule has 0 fully saturated rings. The summed E-state index contributed by atoms with van der Waals surface area (Å²) in [4.78, 5) is 0. The molecule has 0 spiro atoms. The molecule has 0 unspecified atom stereocenters. The molecule has 0 bridgehead atoms. The standard InChI is InChI=1S/C13H22/c1-5-6-7-10-13(4)11-8-9-12(2)3/h5-7,9,13H,1,8,10-11H2,2-4H3/b7-6+/t13-/m1/s1. The van der Waals surface area contributed by atoms with Gasteiger partial charge < -0.3 is 0 Å². The highest BCUT2D eigenvalue weighted by Gasteiger charge is 1.96. The topological polar surface area (TPSA) is 0 Å². The van der Waals surface area contributed by atoms with Gasteiger partial charge >= 0.3 is 0 Å². The van der Waals surface area contributed by atoms with Crippen molar-refractivity contribution in [3.05, 3.63) is 36.5 Å². The number of rotatable bonds is 6. The summed E-state index contributed by atoms with van der Waals surface area (Å²) in [7, 11) is 0. The van der Waals surface area contributed by atoms with E-state index in [0.29, 0.717) is 0 Å². The molecule has 0 aliphatic carbocycles. The second-order valence-electron chi connectivity index (χ2n) is 3.86. The molecule has 0 aromatic carbocycles. The Morgan fingerprint density at radius 2 is 2.08 bits per heavy atom. The smallest absolute Gasteiger partial charge is 0.0322 e. The van der Waals surface area contributed by atoms with Crippen LogP contribution in [0.3, 0.4) is 0 Å². The van der Waals surface area contributed by atoms with E-state index in [1.807, 2.05) is 12.2 Å². The minimum absolute atomic E-state index is 0.784. The predicted molar refractivity (Wildman–Crippen MR) is 61.8 cm³/mol. The zero-order chi connectivity index (χ0) is 10.1. The van der Waals surface area contributed by atoms with Gasteiger partial charge in [0.05, 0.1) is 0 Å². The fourth-order valence-electron chi connectivity index (χ4n) is 1.18. The quantitative estimate of drug-likeness (QED) is 0.415. The minimum Gasteiger partial charge on any atom is -0.0991 e. The van der Waals surface area contributed by atoms with E-state index in [9.17, 15) is 0 Å². The lowest BCUT2D eigenvalue weighted by Gasteiger charge is -2.05. The molecule has 0 radical (unpaired) electrons. The van der Waals surface area contributed by atoms with Crippen LogP contribution in [0.1, 0.15) is 40.0 Å². The van der Waals surface area contributed by atoms with E-state index in [-0.39, 0.29) is 0 Å². The van der Waals surface area contributed by atoms with E-state index in [2.05, 4.69) is 39.5 Å². The molecule has 0 aliphatic rings. The second kappa shape index (κ2) is 7.85. The van der Waals surface area contributed by atoms with Crippen molar-refractivity contribution < 1.29 is 0 Å². The van der Waals surface area contributed by atoms with Crippen molar-refractivity contribution in [2.24, 2.45) is 5.92 Å². The summed E-state index contributed by atoms with van der Waals surface area (Å²) < 4.78 is 0. The number of hydrogen-bond donors (Lipinski definition) is 0. The van der Waals surface area contributed by atoms with E-state index >= 15 is 0 Å². The molecule has 0 saturated carbocycles. The molecule has 0 rings (SSSR count). The van der Waals surface area contributed by atoms with Crippen LogP contribution in [0.2, 0.25) is 0 Å². The summed E-state index contributed by atoms with van der Waals surface area (Å²) in [6, 6.07) is 0. The molecule has 0 heteroatoms. The van der Waals surface area contributed by atoms with Gasteiger partial charge in [-0.15, -0.1) is 0 Å². The first-order valence-electron chi connectivity index (χ1n) is 5.07. The van der Waals surface area contributed by atoms with E-state index in [1.54, 1.807) is 0 Å². The Morgan fingerprint density at radius 3 is 2.62 bits per heavy atom. The normalized spacial score (nSPS) is 12.8. The first-order chi connectivity index (χ1) is 6.16. The summed E-state index contributed by atoms with van der Waals surface area (Å²) in [6.45, 7) is 10.3. The molecule has 0 nitrogen and oxygen atoms in total. The van der Waals surface area contributed by atoms with Crippen molar-refractivity contribution in [3.63, 3.8) is 0 Å². The zero-order valence-corrected chi connectivity index (χ0v) is 9.22. The molecular formula is C13H22. The summed E-state index contributed by atoms with van der Waals surface area (Å²) in [6.07, 6.45) is 12.0. The van der Waals surface area contributed by atoms with Gasteiger partial charge in [0.25, 0.3) is 0 Å². The molecule has 1 atom stereocenters. The van der Waals surface area contributed by atoms with Crippen LogP contribution in [0.15, 0.2) is 36.5 Å². The highest BCUT2D eigenvalue weighted by Crippen LogP contribution is 2.12. The van der Waals surface area contributed by atoms with Crippen LogP contribution >= 0.6 is 0 Å². The second-order valence-corrected chi connectivity index (χ2v) is 3.86. The molecule has 13 heavy (non-hydrogen) atoms. The zero-order valence-electron chi connectivity index (χ0n) is 9.22. The summed E-state index contributed by atoms with van der Waals surface area (Å²) in [5.41, 5.74) is 1.42. The molecule has 0 aromatic heterocycles. The molecule has 0 heterocycles. The van der Waals surface area contributed by atoms with Gasteiger partial charge in [-0.2, -0.15) is 0 Å². The first kappa shape index (κ1) is 12.2. The van der Waals surface area contributed by atoms with Crippen LogP contribution < -0.4 is 0 Å². The first-order valence-corrected chi connectivity index (χ1v) is 5.07. The van der Waals surface area contributed by atoms with Crippen molar-refractivity contribution >= 4 is 0 Å². The van der Waals surface area contributed by atoms with Gasteiger partial charge in [0.1, 0.15) is 0 Å². The predicted octanol–water partition coefficient (Wildman–Crippen LogP) is 4.50. The van der Waals surface area contributed by atoms with Crippen molar-refractivity contribution in [1.29, 1.82) is 0 Å². The molecule has 0 N–H and O–H groups in total. The summed E-state index contributed by atoms with van der Waals surface area (Å²) in [5.74, 6) is 0.784. The van der Waals surface area contributed by atoms with Crippen LogP contribution in [0, 0.1) is 5.92 Å². The summed E-state index contributed by atoms with van der Waals surface area (Å²) in [5, 5.41) is 0. The fraction of sp³-hybridized carbons (Fsp3) is 0.538. The molecule has 0 aromatic rings. The van der Waals surface area contributed by atoms with Gasteiger partial charge in [-0.05, 0) is 39.0 Å². The van der Waals surface area contributed by atoms with Gasteiger partial charge in [-0.25, -0.2) is 0 Å². The van der Waals surface area contributed by atoms with E-state index in [4.69, 9.17) is 0 Å². The molecule has 74 valence electrons. The summed E-state index contributed by atoms with van der Waals surface area (Å²) >= 11 is 0. The largest absolute Gasteiger partial charge is 0.0991 e. The van der Waals surface area contributed by atoms with Crippen LogP contribution in [-0.2, 0) is 0 Å². The highest BCUT2D eigenvalue weighted by molar-refractivity contribution is 4.98.